The average Bonchev–Trinajstić information content (AvgIpc) is 2.90. The maximum absolute atomic E-state index is 13.4. The van der Waals surface area contributed by atoms with Gasteiger partial charge in [0.1, 0.15) is 11.4 Å². The van der Waals surface area contributed by atoms with E-state index < -0.39 is 34.8 Å². The van der Waals surface area contributed by atoms with E-state index in [2.05, 4.69) is 6.58 Å². The molecule has 0 unspecified atom stereocenters. The van der Waals surface area contributed by atoms with Crippen LogP contribution in [0.3, 0.4) is 0 Å². The molecular weight excluding hydrogens is 508 g/mol. The molecule has 0 fully saturated rings. The molecule has 0 aromatic heterocycles. The van der Waals surface area contributed by atoms with Gasteiger partial charge in [0.15, 0.2) is 0 Å². The van der Waals surface area contributed by atoms with Crippen LogP contribution in [-0.4, -0.2) is 11.9 Å². The topological polar surface area (TPSA) is 365 Å². The Morgan fingerprint density at radius 1 is 0.513 bits per heavy atom. The summed E-state index contributed by atoms with van der Waals surface area (Å²) in [5, 5.41) is 0. The smallest absolute Gasteiger partial charge is 0.346 e. The molecule has 0 aliphatic rings. The molecule has 0 saturated carbocycles. The van der Waals surface area contributed by atoms with E-state index >= 15 is 0 Å². The van der Waals surface area contributed by atoms with Crippen LogP contribution in [0.1, 0.15) is 31.8 Å². The highest BCUT2D eigenvalue weighted by atomic mass is 16.6. The molecule has 0 aliphatic carbocycles. The van der Waals surface area contributed by atoms with Crippen molar-refractivity contribution in [3.8, 4) is 11.5 Å². The van der Waals surface area contributed by atoms with Crippen LogP contribution in [0, 0.1) is 6.92 Å². The molecule has 0 heterocycles. The predicted molar refractivity (Wildman–Crippen MR) is 157 cm³/mol. The van der Waals surface area contributed by atoms with Crippen LogP contribution in [0.15, 0.2) is 6.58 Å². The number of benzene rings is 3. The number of anilines is 12. The number of rotatable bonds is 5. The fraction of sp³-hybridized carbons (Fsp3) is 0.0435. The zero-order valence-corrected chi connectivity index (χ0v) is 20.8. The Morgan fingerprint density at radius 2 is 0.846 bits per heavy atom. The molecule has 16 nitrogen and oxygen atoms in total. The summed E-state index contributed by atoms with van der Waals surface area (Å²) < 4.78 is 11.0. The van der Waals surface area contributed by atoms with Gasteiger partial charge in [-0.2, -0.15) is 0 Å². The third-order valence-electron chi connectivity index (χ3n) is 6.19. The number of ether oxygens (including phenoxy) is 2. The highest BCUT2D eigenvalue weighted by Crippen LogP contribution is 2.49. The third kappa shape index (κ3) is 4.06. The summed E-state index contributed by atoms with van der Waals surface area (Å²) in [5.74, 6) is -3.40. The molecular formula is C23H30N12O4. The van der Waals surface area contributed by atoms with Gasteiger partial charge in [0, 0.05) is 5.56 Å². The summed E-state index contributed by atoms with van der Waals surface area (Å²) >= 11 is 0. The molecule has 0 atom stereocenters. The highest BCUT2D eigenvalue weighted by Gasteiger charge is 2.30. The van der Waals surface area contributed by atoms with Gasteiger partial charge in [-0.1, -0.05) is 12.7 Å². The summed E-state index contributed by atoms with van der Waals surface area (Å²) in [6, 6.07) is 0. The van der Waals surface area contributed by atoms with Crippen LogP contribution in [0.2, 0.25) is 0 Å². The Morgan fingerprint density at radius 3 is 1.28 bits per heavy atom. The molecule has 0 saturated heterocycles. The number of carbonyl (C=O) groups excluding carboxylic acids is 2. The van der Waals surface area contributed by atoms with Gasteiger partial charge in [-0.25, -0.2) is 9.59 Å². The van der Waals surface area contributed by atoms with Crippen molar-refractivity contribution in [2.45, 2.75) is 6.92 Å². The van der Waals surface area contributed by atoms with E-state index in [1.807, 2.05) is 0 Å². The van der Waals surface area contributed by atoms with Crippen LogP contribution in [0.4, 0.5) is 68.2 Å². The number of hydrogen-bond donors (Lipinski definition) is 12. The quantitative estimate of drug-likeness (QED) is 0.116. The normalized spacial score (nSPS) is 10.7. The first-order valence-corrected chi connectivity index (χ1v) is 10.9. The monoisotopic (exact) mass is 538 g/mol. The number of esters is 2. The predicted octanol–water partition coefficient (Wildman–Crippen LogP) is 0.0628. The second-order valence-corrected chi connectivity index (χ2v) is 8.39. The Balaban J connectivity index is 2.21. The SMILES string of the molecule is C=Cc1c(N)c(N)c(N)c(N)c1C(=O)Oc1c(N)c(N)c(N)c(N)c1OC(=O)c1c(C)c(N)c(N)c(N)c1N. The van der Waals surface area contributed by atoms with Gasteiger partial charge in [-0.05, 0) is 12.5 Å². The van der Waals surface area contributed by atoms with Crippen molar-refractivity contribution in [3.63, 3.8) is 0 Å². The fourth-order valence-corrected chi connectivity index (χ4v) is 3.78. The number of nitrogens with two attached hydrogens (primary N) is 12. The fourth-order valence-electron chi connectivity index (χ4n) is 3.78. The van der Waals surface area contributed by atoms with Crippen molar-refractivity contribution in [2.24, 2.45) is 0 Å². The summed E-state index contributed by atoms with van der Waals surface area (Å²) in [7, 11) is 0. The molecule has 206 valence electrons. The van der Waals surface area contributed by atoms with E-state index in [-0.39, 0.29) is 79.1 Å². The molecule has 39 heavy (non-hydrogen) atoms. The van der Waals surface area contributed by atoms with Crippen molar-refractivity contribution in [1.29, 1.82) is 0 Å². The zero-order valence-electron chi connectivity index (χ0n) is 20.8. The van der Waals surface area contributed by atoms with Crippen molar-refractivity contribution in [1.82, 2.24) is 0 Å². The molecule has 0 amide bonds. The second-order valence-electron chi connectivity index (χ2n) is 8.39. The molecule has 0 bridgehead atoms. The maximum atomic E-state index is 13.4. The van der Waals surface area contributed by atoms with Crippen LogP contribution in [0.5, 0.6) is 11.5 Å². The molecule has 3 rings (SSSR count). The number of carbonyl (C=O) groups is 2. The van der Waals surface area contributed by atoms with E-state index in [1.54, 1.807) is 0 Å². The molecule has 0 spiro atoms. The first kappa shape index (κ1) is 27.5. The van der Waals surface area contributed by atoms with Crippen LogP contribution >= 0.6 is 0 Å². The van der Waals surface area contributed by atoms with Gasteiger partial charge >= 0.3 is 11.9 Å². The first-order valence-electron chi connectivity index (χ1n) is 10.9. The Kier molecular flexibility index (Phi) is 6.66. The average molecular weight is 539 g/mol. The lowest BCUT2D eigenvalue weighted by molar-refractivity contribution is 0.0685. The zero-order chi connectivity index (χ0) is 29.7. The van der Waals surface area contributed by atoms with Gasteiger partial charge in [-0.3, -0.25) is 0 Å². The summed E-state index contributed by atoms with van der Waals surface area (Å²) in [5.41, 5.74) is 68.9. The Bertz CT molecular complexity index is 1570. The maximum Gasteiger partial charge on any atom is 0.346 e. The summed E-state index contributed by atoms with van der Waals surface area (Å²) in [6.07, 6.45) is 1.22. The van der Waals surface area contributed by atoms with Gasteiger partial charge in [0.05, 0.1) is 68.0 Å². The van der Waals surface area contributed by atoms with Crippen molar-refractivity contribution in [3.05, 3.63) is 28.8 Å². The Hall–Kier alpha value is -6.06. The van der Waals surface area contributed by atoms with Crippen LogP contribution in [-0.2, 0) is 0 Å². The minimum absolute atomic E-state index is 0.00411. The van der Waals surface area contributed by atoms with E-state index in [1.165, 1.54) is 13.0 Å². The van der Waals surface area contributed by atoms with E-state index in [9.17, 15) is 9.59 Å². The summed E-state index contributed by atoms with van der Waals surface area (Å²) in [6.45, 7) is 5.07. The third-order valence-corrected chi connectivity index (χ3v) is 6.19. The molecule has 0 aliphatic heterocycles. The van der Waals surface area contributed by atoms with Gasteiger partial charge in [-0.15, -0.1) is 0 Å². The first-order chi connectivity index (χ1) is 18.1. The highest BCUT2D eigenvalue weighted by molar-refractivity contribution is 6.11. The molecule has 0 radical (unpaired) electrons. The minimum atomic E-state index is -1.15. The second kappa shape index (κ2) is 9.43. The Labute approximate surface area is 221 Å². The summed E-state index contributed by atoms with van der Waals surface area (Å²) in [4.78, 5) is 26.6. The lowest BCUT2D eigenvalue weighted by Gasteiger charge is -2.21. The molecule has 16 heteroatoms. The van der Waals surface area contributed by atoms with E-state index in [0.717, 1.165) is 0 Å². The van der Waals surface area contributed by atoms with E-state index in [4.69, 9.17) is 78.3 Å². The standard InChI is InChI=1S/C23H30N12O4/c1-3-5-7(11(27)15(31)13(29)9(5)25)23(37)39-21-19(35)17(33)16(32)18(34)20(21)38-22(36)6-4(2)8(24)12(28)14(30)10(6)26/h3H,1,24-35H2,2H3. The lowest BCUT2D eigenvalue weighted by atomic mass is 10.00. The minimum Gasteiger partial charge on any atom is -0.416 e. The van der Waals surface area contributed by atoms with Gasteiger partial charge in [0.25, 0.3) is 0 Å². The van der Waals surface area contributed by atoms with Gasteiger partial charge < -0.3 is 78.3 Å². The van der Waals surface area contributed by atoms with Crippen LogP contribution in [0.25, 0.3) is 6.08 Å². The van der Waals surface area contributed by atoms with Crippen molar-refractivity contribution in [2.75, 3.05) is 68.8 Å². The van der Waals surface area contributed by atoms with Crippen LogP contribution < -0.4 is 78.3 Å². The van der Waals surface area contributed by atoms with Crippen molar-refractivity contribution < 1.29 is 19.1 Å². The van der Waals surface area contributed by atoms with Gasteiger partial charge in [0.2, 0.25) is 11.5 Å². The molecule has 3 aromatic carbocycles. The van der Waals surface area contributed by atoms with E-state index in [0.29, 0.717) is 0 Å². The molecule has 24 N–H and O–H groups in total. The lowest BCUT2D eigenvalue weighted by Crippen LogP contribution is -2.21. The number of hydrogen-bond acceptors (Lipinski definition) is 16. The number of nitrogen functional groups attached to an aromatic ring is 12. The molecule has 3 aromatic rings. The van der Waals surface area contributed by atoms with Crippen molar-refractivity contribution >= 4 is 86.3 Å². The largest absolute Gasteiger partial charge is 0.416 e.